The van der Waals surface area contributed by atoms with Crippen molar-refractivity contribution in [1.82, 2.24) is 9.78 Å². The molecular formula is C15H16FN3O2. The van der Waals surface area contributed by atoms with Crippen LogP contribution in [-0.2, 0) is 4.74 Å². The van der Waals surface area contributed by atoms with Gasteiger partial charge >= 0.3 is 5.97 Å². The lowest BCUT2D eigenvalue weighted by Crippen LogP contribution is -2.26. The molecule has 3 rings (SSSR count). The van der Waals surface area contributed by atoms with Crippen LogP contribution in [0.4, 0.5) is 10.2 Å². The van der Waals surface area contributed by atoms with Crippen LogP contribution < -0.4 is 5.32 Å². The predicted octanol–water partition coefficient (Wildman–Crippen LogP) is 2.52. The number of aromatic nitrogens is 2. The van der Waals surface area contributed by atoms with E-state index in [9.17, 15) is 9.18 Å². The fraction of sp³-hybridized carbons (Fsp3) is 0.333. The maximum atomic E-state index is 14.0. The van der Waals surface area contributed by atoms with Crippen molar-refractivity contribution in [2.24, 2.45) is 0 Å². The number of hydrogen-bond acceptors (Lipinski definition) is 4. The fourth-order valence-electron chi connectivity index (χ4n) is 2.77. The van der Waals surface area contributed by atoms with E-state index in [1.807, 2.05) is 0 Å². The lowest BCUT2D eigenvalue weighted by Gasteiger charge is -2.26. The van der Waals surface area contributed by atoms with Crippen LogP contribution in [-0.4, -0.2) is 29.4 Å². The summed E-state index contributed by atoms with van der Waals surface area (Å²) in [5.41, 5.74) is 1.57. The number of benzene rings is 1. The second-order valence-corrected chi connectivity index (χ2v) is 5.00. The molecule has 0 aliphatic carbocycles. The van der Waals surface area contributed by atoms with Crippen LogP contribution in [0.3, 0.4) is 0 Å². The van der Waals surface area contributed by atoms with E-state index in [0.717, 1.165) is 0 Å². The Kier molecular flexibility index (Phi) is 3.37. The van der Waals surface area contributed by atoms with E-state index < -0.39 is 5.97 Å². The van der Waals surface area contributed by atoms with Crippen LogP contribution in [0.25, 0.3) is 0 Å². The van der Waals surface area contributed by atoms with Gasteiger partial charge in [0.25, 0.3) is 0 Å². The molecule has 0 saturated carbocycles. The molecule has 1 aromatic heterocycles. The van der Waals surface area contributed by atoms with E-state index in [-0.39, 0.29) is 11.9 Å². The first-order valence-electron chi connectivity index (χ1n) is 6.79. The standard InChI is InChI=1S/C15H16FN3O2/c1-9-13(15(20)21-2)14-17-8-7-12(19(14)18-9)10-5-3-4-6-11(10)16/h3-6,12,17H,7-8H2,1-2H3. The smallest absolute Gasteiger partial charge is 0.343 e. The Morgan fingerprint density at radius 1 is 1.48 bits per heavy atom. The van der Waals surface area contributed by atoms with E-state index in [2.05, 4.69) is 10.4 Å². The van der Waals surface area contributed by atoms with Gasteiger partial charge in [-0.2, -0.15) is 5.10 Å². The molecule has 0 amide bonds. The van der Waals surface area contributed by atoms with Crippen molar-refractivity contribution in [1.29, 1.82) is 0 Å². The number of fused-ring (bicyclic) bond motifs is 1. The summed E-state index contributed by atoms with van der Waals surface area (Å²) >= 11 is 0. The number of methoxy groups -OCH3 is 1. The van der Waals surface area contributed by atoms with Gasteiger partial charge in [0.1, 0.15) is 17.2 Å². The molecule has 21 heavy (non-hydrogen) atoms. The molecule has 0 radical (unpaired) electrons. The van der Waals surface area contributed by atoms with E-state index in [0.29, 0.717) is 35.6 Å². The largest absolute Gasteiger partial charge is 0.465 e. The number of aryl methyl sites for hydroxylation is 1. The Morgan fingerprint density at radius 3 is 2.95 bits per heavy atom. The lowest BCUT2D eigenvalue weighted by molar-refractivity contribution is 0.0601. The van der Waals surface area contributed by atoms with Gasteiger partial charge in [-0.15, -0.1) is 0 Å². The maximum absolute atomic E-state index is 14.0. The van der Waals surface area contributed by atoms with Crippen LogP contribution in [0.2, 0.25) is 0 Å². The monoisotopic (exact) mass is 289 g/mol. The number of carbonyl (C=O) groups excluding carboxylic acids is 1. The quantitative estimate of drug-likeness (QED) is 0.863. The van der Waals surface area contributed by atoms with Crippen molar-refractivity contribution in [3.05, 3.63) is 46.9 Å². The predicted molar refractivity (Wildman–Crippen MR) is 75.9 cm³/mol. The zero-order valence-electron chi connectivity index (χ0n) is 11.9. The minimum atomic E-state index is -0.435. The molecule has 6 heteroatoms. The topological polar surface area (TPSA) is 56.1 Å². The van der Waals surface area contributed by atoms with E-state index in [1.54, 1.807) is 29.8 Å². The van der Waals surface area contributed by atoms with Crippen molar-refractivity contribution in [3.63, 3.8) is 0 Å². The molecule has 5 nitrogen and oxygen atoms in total. The summed E-state index contributed by atoms with van der Waals surface area (Å²) in [5.74, 6) is -0.0996. The highest BCUT2D eigenvalue weighted by molar-refractivity contribution is 5.96. The molecule has 1 aliphatic rings. The zero-order valence-corrected chi connectivity index (χ0v) is 11.9. The van der Waals surface area contributed by atoms with E-state index >= 15 is 0 Å². The van der Waals surface area contributed by atoms with Gasteiger partial charge in [0.2, 0.25) is 0 Å². The summed E-state index contributed by atoms with van der Waals surface area (Å²) in [6.45, 7) is 2.39. The first kappa shape index (κ1) is 13.6. The van der Waals surface area contributed by atoms with Gasteiger partial charge in [0.05, 0.1) is 18.8 Å². The summed E-state index contributed by atoms with van der Waals surface area (Å²) in [6.07, 6.45) is 0.704. The van der Waals surface area contributed by atoms with Gasteiger partial charge in [0.15, 0.2) is 0 Å². The number of nitrogens with zero attached hydrogens (tertiary/aromatic N) is 2. The van der Waals surface area contributed by atoms with Crippen molar-refractivity contribution in [2.45, 2.75) is 19.4 Å². The summed E-state index contributed by atoms with van der Waals surface area (Å²) in [4.78, 5) is 11.9. The summed E-state index contributed by atoms with van der Waals surface area (Å²) in [5, 5.41) is 7.57. The zero-order chi connectivity index (χ0) is 15.0. The van der Waals surface area contributed by atoms with Crippen molar-refractivity contribution in [3.8, 4) is 0 Å². The molecule has 2 aromatic rings. The highest BCUT2D eigenvalue weighted by Gasteiger charge is 2.30. The minimum absolute atomic E-state index is 0.223. The second-order valence-electron chi connectivity index (χ2n) is 5.00. The number of halogens is 1. The van der Waals surface area contributed by atoms with Gasteiger partial charge in [-0.1, -0.05) is 18.2 Å². The third kappa shape index (κ3) is 2.16. The van der Waals surface area contributed by atoms with Gasteiger partial charge in [-0.05, 0) is 19.4 Å². The molecular weight excluding hydrogens is 273 g/mol. The number of rotatable bonds is 2. The van der Waals surface area contributed by atoms with E-state index in [4.69, 9.17) is 4.74 Å². The number of ether oxygens (including phenoxy) is 1. The van der Waals surface area contributed by atoms with Crippen molar-refractivity contribution < 1.29 is 13.9 Å². The van der Waals surface area contributed by atoms with Crippen LogP contribution in [0.1, 0.15) is 34.1 Å². The maximum Gasteiger partial charge on any atom is 0.343 e. The van der Waals surface area contributed by atoms with Gasteiger partial charge in [-0.25, -0.2) is 13.9 Å². The highest BCUT2D eigenvalue weighted by atomic mass is 19.1. The SMILES string of the molecule is COC(=O)c1c(C)nn2c1NCCC2c1ccccc1F. The molecule has 0 spiro atoms. The average molecular weight is 289 g/mol. The van der Waals surface area contributed by atoms with Crippen LogP contribution in [0.5, 0.6) is 0 Å². The van der Waals surface area contributed by atoms with Crippen LogP contribution in [0, 0.1) is 12.7 Å². The van der Waals surface area contributed by atoms with Crippen LogP contribution >= 0.6 is 0 Å². The molecule has 0 fully saturated rings. The molecule has 1 atom stereocenters. The molecule has 0 saturated heterocycles. The summed E-state index contributed by atoms with van der Waals surface area (Å²) < 4.78 is 20.5. The number of anilines is 1. The first-order valence-corrected chi connectivity index (χ1v) is 6.79. The normalized spacial score (nSPS) is 17.0. The van der Waals surface area contributed by atoms with Gasteiger partial charge in [0, 0.05) is 12.1 Å². The Labute approximate surface area is 121 Å². The third-order valence-corrected chi connectivity index (χ3v) is 3.74. The first-order chi connectivity index (χ1) is 10.1. The summed E-state index contributed by atoms with van der Waals surface area (Å²) in [6, 6.07) is 6.44. The molecule has 1 aliphatic heterocycles. The molecule has 110 valence electrons. The van der Waals surface area contributed by atoms with Gasteiger partial charge in [-0.3, -0.25) is 0 Å². The number of nitrogens with one attached hydrogen (secondary N) is 1. The van der Waals surface area contributed by atoms with Crippen molar-refractivity contribution >= 4 is 11.8 Å². The lowest BCUT2D eigenvalue weighted by atomic mass is 10.0. The summed E-state index contributed by atoms with van der Waals surface area (Å²) in [7, 11) is 1.34. The molecule has 2 heterocycles. The molecule has 0 bridgehead atoms. The highest BCUT2D eigenvalue weighted by Crippen LogP contribution is 2.34. The Hall–Kier alpha value is -2.37. The average Bonchev–Trinajstić information content (AvgIpc) is 2.83. The second kappa shape index (κ2) is 5.20. The number of hydrogen-bond donors (Lipinski definition) is 1. The Bertz CT molecular complexity index is 696. The number of carbonyl (C=O) groups is 1. The Balaban J connectivity index is 2.12. The van der Waals surface area contributed by atoms with Crippen molar-refractivity contribution in [2.75, 3.05) is 19.0 Å². The third-order valence-electron chi connectivity index (χ3n) is 3.74. The Morgan fingerprint density at radius 2 is 2.24 bits per heavy atom. The fourth-order valence-corrected chi connectivity index (χ4v) is 2.77. The minimum Gasteiger partial charge on any atom is -0.465 e. The molecule has 1 aromatic carbocycles. The molecule has 1 N–H and O–H groups in total. The van der Waals surface area contributed by atoms with Crippen LogP contribution in [0.15, 0.2) is 24.3 Å². The molecule has 1 unspecified atom stereocenters. The van der Waals surface area contributed by atoms with Gasteiger partial charge < -0.3 is 10.1 Å². The van der Waals surface area contributed by atoms with E-state index in [1.165, 1.54) is 13.2 Å². The number of esters is 1.